The van der Waals surface area contributed by atoms with Gasteiger partial charge in [0.2, 0.25) is 0 Å². The first-order valence-corrected chi connectivity index (χ1v) is 13.8. The van der Waals surface area contributed by atoms with E-state index in [0.717, 1.165) is 50.0 Å². The molecule has 8 unspecified atom stereocenters. The molecule has 0 radical (unpaired) electrons. The number of fused-ring (bicyclic) bond motifs is 7. The van der Waals surface area contributed by atoms with E-state index in [9.17, 15) is 4.79 Å². The van der Waals surface area contributed by atoms with Gasteiger partial charge in [-0.3, -0.25) is 4.79 Å². The molecule has 1 spiro atoms. The van der Waals surface area contributed by atoms with E-state index in [-0.39, 0.29) is 23.3 Å². The lowest BCUT2D eigenvalue weighted by Crippen LogP contribution is -2.52. The first kappa shape index (κ1) is 22.6. The molecule has 3 saturated carbocycles. The third kappa shape index (κ3) is 3.18. The van der Waals surface area contributed by atoms with Gasteiger partial charge in [0.25, 0.3) is 0 Å². The zero-order chi connectivity index (χ0) is 23.2. The van der Waals surface area contributed by atoms with Crippen molar-refractivity contribution in [3.8, 4) is 0 Å². The van der Waals surface area contributed by atoms with Crippen LogP contribution in [0.5, 0.6) is 0 Å². The third-order valence-electron chi connectivity index (χ3n) is 11.7. The normalized spacial score (nSPS) is 55.2. The Morgan fingerprint density at radius 2 is 1.91 bits per heavy atom. The van der Waals surface area contributed by atoms with Crippen LogP contribution in [0.4, 0.5) is 0 Å². The molecule has 0 bridgehead atoms. The predicted molar refractivity (Wildman–Crippen MR) is 127 cm³/mol. The SMILES string of the molecule is CC(=O)OC1CC[C@@]2(C)C(=CCC3C4CC5O[C@]6(CCC(C)CO6)C(C)C5[C@@]4(C)CCC32)C1. The number of esters is 1. The van der Waals surface area contributed by atoms with Crippen molar-refractivity contribution in [2.75, 3.05) is 6.61 Å². The van der Waals surface area contributed by atoms with Crippen molar-refractivity contribution in [3.63, 3.8) is 0 Å². The minimum atomic E-state index is -0.312. The number of carbonyl (C=O) groups is 1. The van der Waals surface area contributed by atoms with Crippen LogP contribution in [0.1, 0.15) is 92.4 Å². The van der Waals surface area contributed by atoms with Crippen LogP contribution in [0.3, 0.4) is 0 Å². The van der Waals surface area contributed by atoms with Crippen LogP contribution in [-0.4, -0.2) is 30.6 Å². The quantitative estimate of drug-likeness (QED) is 0.344. The highest BCUT2D eigenvalue weighted by Crippen LogP contribution is 2.70. The Balaban J connectivity index is 1.24. The number of rotatable bonds is 1. The standard InChI is InChI=1S/C29H44O4/c1-17-8-13-29(31-16-17)18(2)26-25(33-29)15-24-22-7-6-20-14-21(32-19(3)30)9-11-27(20,4)23(22)10-12-28(24,26)5/h6,17-18,21-26H,7-16H2,1-5H3/t17?,18?,21?,22?,23?,24?,25?,26?,27-,28-,29+/m0/s1. The van der Waals surface area contributed by atoms with Gasteiger partial charge in [-0.05, 0) is 85.4 Å². The van der Waals surface area contributed by atoms with Crippen molar-refractivity contribution >= 4 is 5.97 Å². The fourth-order valence-electron chi connectivity index (χ4n) is 9.98. The summed E-state index contributed by atoms with van der Waals surface area (Å²) in [5.41, 5.74) is 2.24. The van der Waals surface area contributed by atoms with E-state index in [4.69, 9.17) is 14.2 Å². The Morgan fingerprint density at radius 1 is 1.09 bits per heavy atom. The van der Waals surface area contributed by atoms with Gasteiger partial charge < -0.3 is 14.2 Å². The molecule has 11 atom stereocenters. The molecule has 2 saturated heterocycles. The monoisotopic (exact) mass is 456 g/mol. The van der Waals surface area contributed by atoms with Crippen LogP contribution >= 0.6 is 0 Å². The summed E-state index contributed by atoms with van der Waals surface area (Å²) in [6, 6.07) is 0. The van der Waals surface area contributed by atoms with E-state index < -0.39 is 0 Å². The summed E-state index contributed by atoms with van der Waals surface area (Å²) in [5, 5.41) is 0. The molecule has 5 fully saturated rings. The maximum atomic E-state index is 11.5. The summed E-state index contributed by atoms with van der Waals surface area (Å²) >= 11 is 0. The zero-order valence-corrected chi connectivity index (χ0v) is 21.4. The molecule has 0 aromatic carbocycles. The molecule has 4 aliphatic carbocycles. The number of hydrogen-bond acceptors (Lipinski definition) is 4. The van der Waals surface area contributed by atoms with Crippen molar-refractivity contribution < 1.29 is 19.0 Å². The molecule has 184 valence electrons. The highest BCUT2D eigenvalue weighted by atomic mass is 16.7. The highest BCUT2D eigenvalue weighted by molar-refractivity contribution is 5.66. The minimum absolute atomic E-state index is 0.0849. The van der Waals surface area contributed by atoms with Crippen molar-refractivity contribution in [2.45, 2.75) is 110 Å². The van der Waals surface area contributed by atoms with Crippen LogP contribution in [0.2, 0.25) is 0 Å². The lowest BCUT2D eigenvalue weighted by atomic mass is 9.47. The van der Waals surface area contributed by atoms with Gasteiger partial charge in [-0.2, -0.15) is 0 Å². The Labute approximate surface area is 200 Å². The second-order valence-electron chi connectivity index (χ2n) is 13.3. The van der Waals surface area contributed by atoms with E-state index in [1.54, 1.807) is 12.5 Å². The first-order valence-electron chi connectivity index (χ1n) is 13.8. The van der Waals surface area contributed by atoms with Crippen LogP contribution in [-0.2, 0) is 19.0 Å². The van der Waals surface area contributed by atoms with Gasteiger partial charge in [0.1, 0.15) is 6.10 Å². The van der Waals surface area contributed by atoms with Crippen molar-refractivity contribution in [1.29, 1.82) is 0 Å². The van der Waals surface area contributed by atoms with E-state index >= 15 is 0 Å². The number of hydrogen-bond donors (Lipinski definition) is 0. The van der Waals surface area contributed by atoms with E-state index in [0.29, 0.717) is 29.3 Å². The Kier molecular flexibility index (Phi) is 5.18. The maximum Gasteiger partial charge on any atom is 0.302 e. The maximum absolute atomic E-state index is 11.5. The zero-order valence-electron chi connectivity index (χ0n) is 21.4. The number of carbonyl (C=O) groups excluding carboxylic acids is 1. The minimum Gasteiger partial charge on any atom is -0.462 e. The van der Waals surface area contributed by atoms with Gasteiger partial charge in [0.05, 0.1) is 12.7 Å². The fraction of sp³-hybridized carbons (Fsp3) is 0.897. The van der Waals surface area contributed by atoms with Gasteiger partial charge in [-0.25, -0.2) is 0 Å². The second-order valence-corrected chi connectivity index (χ2v) is 13.3. The number of ether oxygens (including phenoxy) is 3. The summed E-state index contributed by atoms with van der Waals surface area (Å²) in [4.78, 5) is 11.5. The molecule has 2 aliphatic heterocycles. The second kappa shape index (κ2) is 7.56. The van der Waals surface area contributed by atoms with Crippen LogP contribution in [0.15, 0.2) is 11.6 Å². The smallest absolute Gasteiger partial charge is 0.302 e. The molecular formula is C29H44O4. The molecule has 6 rings (SSSR count). The van der Waals surface area contributed by atoms with Crippen molar-refractivity contribution in [2.24, 2.45) is 46.3 Å². The molecule has 0 aromatic heterocycles. The predicted octanol–water partition coefficient (Wildman–Crippen LogP) is 6.28. The van der Waals surface area contributed by atoms with E-state index in [2.05, 4.69) is 33.8 Å². The van der Waals surface area contributed by atoms with Crippen LogP contribution in [0, 0.1) is 46.3 Å². The van der Waals surface area contributed by atoms with Gasteiger partial charge in [0.15, 0.2) is 5.79 Å². The van der Waals surface area contributed by atoms with Gasteiger partial charge in [-0.1, -0.05) is 39.3 Å². The molecule has 0 N–H and O–H groups in total. The number of allylic oxidation sites excluding steroid dienone is 1. The fourth-order valence-corrected chi connectivity index (χ4v) is 9.98. The van der Waals surface area contributed by atoms with E-state index in [1.165, 1.54) is 32.1 Å². The van der Waals surface area contributed by atoms with Gasteiger partial charge >= 0.3 is 5.97 Å². The molecule has 4 nitrogen and oxygen atoms in total. The Morgan fingerprint density at radius 3 is 2.64 bits per heavy atom. The Hall–Kier alpha value is -0.870. The van der Waals surface area contributed by atoms with Gasteiger partial charge in [0, 0.05) is 25.7 Å². The summed E-state index contributed by atoms with van der Waals surface area (Å²) in [6.45, 7) is 12.3. The molecule has 6 aliphatic rings. The van der Waals surface area contributed by atoms with Crippen molar-refractivity contribution in [3.05, 3.63) is 11.6 Å². The molecule has 2 heterocycles. The topological polar surface area (TPSA) is 44.8 Å². The van der Waals surface area contributed by atoms with Crippen molar-refractivity contribution in [1.82, 2.24) is 0 Å². The first-order chi connectivity index (χ1) is 15.7. The lowest BCUT2D eigenvalue weighted by Gasteiger charge is -2.58. The average Bonchev–Trinajstić information content (AvgIpc) is 3.21. The Bertz CT molecular complexity index is 841. The summed E-state index contributed by atoms with van der Waals surface area (Å²) < 4.78 is 19.0. The molecule has 33 heavy (non-hydrogen) atoms. The highest BCUT2D eigenvalue weighted by Gasteiger charge is 2.68. The summed E-state index contributed by atoms with van der Waals surface area (Å²) in [5.74, 6) is 3.64. The summed E-state index contributed by atoms with van der Waals surface area (Å²) in [6.07, 6.45) is 13.6. The van der Waals surface area contributed by atoms with E-state index in [1.807, 2.05) is 0 Å². The third-order valence-corrected chi connectivity index (χ3v) is 11.7. The molecular weight excluding hydrogens is 412 g/mol. The largest absolute Gasteiger partial charge is 0.462 e. The van der Waals surface area contributed by atoms with Crippen LogP contribution in [0.25, 0.3) is 0 Å². The lowest BCUT2D eigenvalue weighted by molar-refractivity contribution is -0.272. The average molecular weight is 457 g/mol. The van der Waals surface area contributed by atoms with Gasteiger partial charge in [-0.15, -0.1) is 0 Å². The molecule has 0 amide bonds. The summed E-state index contributed by atoms with van der Waals surface area (Å²) in [7, 11) is 0. The molecule has 0 aromatic rings. The molecule has 4 heteroatoms. The van der Waals surface area contributed by atoms with Crippen LogP contribution < -0.4 is 0 Å².